The molecule has 1 amide bonds. The van der Waals surface area contributed by atoms with E-state index in [4.69, 9.17) is 0 Å². The Morgan fingerprint density at radius 2 is 2.11 bits per heavy atom. The average molecular weight is 396 g/mol. The maximum atomic E-state index is 13.3. The van der Waals surface area contributed by atoms with Crippen LogP contribution in [0.15, 0.2) is 23.7 Å². The van der Waals surface area contributed by atoms with E-state index in [1.54, 1.807) is 4.90 Å². The molecular formula is C18H19F3N4OS. The first-order valence-electron chi connectivity index (χ1n) is 8.95. The molecule has 0 radical (unpaired) electrons. The Hall–Kier alpha value is -2.16. The second-order valence-electron chi connectivity index (χ2n) is 7.00. The van der Waals surface area contributed by atoms with Gasteiger partial charge in [-0.3, -0.25) is 4.79 Å². The summed E-state index contributed by atoms with van der Waals surface area (Å²) in [5.74, 6) is -0.175. The monoisotopic (exact) mass is 396 g/mol. The van der Waals surface area contributed by atoms with E-state index < -0.39 is 17.7 Å². The highest BCUT2D eigenvalue weighted by Gasteiger charge is 2.37. The molecule has 1 atom stereocenters. The molecule has 1 saturated carbocycles. The van der Waals surface area contributed by atoms with E-state index >= 15 is 0 Å². The molecule has 0 spiro atoms. The van der Waals surface area contributed by atoms with Crippen molar-refractivity contribution in [2.24, 2.45) is 5.92 Å². The molecule has 27 heavy (non-hydrogen) atoms. The highest BCUT2D eigenvalue weighted by Crippen LogP contribution is 2.41. The Balaban J connectivity index is 1.45. The average Bonchev–Trinajstić information content (AvgIpc) is 3.41. The third kappa shape index (κ3) is 4.07. The Kier molecular flexibility index (Phi) is 4.79. The number of carbonyl (C=O) groups excluding carboxylic acids is 1. The molecule has 1 aliphatic carbocycles. The SMILES string of the molecule is O=C(Nc1nc(C2CC2)cs1)C1CCCN(c2ncccc2C(F)(F)F)C1. The summed E-state index contributed by atoms with van der Waals surface area (Å²) in [5.41, 5.74) is 0.254. The normalized spacial score (nSPS) is 20.6. The number of hydrogen-bond acceptors (Lipinski definition) is 5. The molecule has 3 heterocycles. The molecule has 2 aromatic rings. The van der Waals surface area contributed by atoms with Crippen LogP contribution in [0.25, 0.3) is 0 Å². The quantitative estimate of drug-likeness (QED) is 0.838. The van der Waals surface area contributed by atoms with Gasteiger partial charge in [-0.05, 0) is 37.8 Å². The van der Waals surface area contributed by atoms with Gasteiger partial charge in [-0.15, -0.1) is 11.3 Å². The van der Waals surface area contributed by atoms with Gasteiger partial charge < -0.3 is 10.2 Å². The minimum Gasteiger partial charge on any atom is -0.355 e. The third-order valence-corrected chi connectivity index (χ3v) is 5.71. The summed E-state index contributed by atoms with van der Waals surface area (Å²) in [4.78, 5) is 22.6. The number of aromatic nitrogens is 2. The van der Waals surface area contributed by atoms with Crippen molar-refractivity contribution in [1.82, 2.24) is 9.97 Å². The number of rotatable bonds is 4. The molecular weight excluding hydrogens is 377 g/mol. The van der Waals surface area contributed by atoms with Crippen molar-refractivity contribution in [3.05, 3.63) is 35.0 Å². The van der Waals surface area contributed by atoms with Crippen LogP contribution >= 0.6 is 11.3 Å². The van der Waals surface area contributed by atoms with Crippen LogP contribution in [-0.4, -0.2) is 29.0 Å². The lowest BCUT2D eigenvalue weighted by molar-refractivity contribution is -0.137. The van der Waals surface area contributed by atoms with Crippen LogP contribution in [0.2, 0.25) is 0 Å². The third-order valence-electron chi connectivity index (χ3n) is 4.93. The molecule has 0 aromatic carbocycles. The van der Waals surface area contributed by atoms with Crippen LogP contribution in [-0.2, 0) is 11.0 Å². The number of halogens is 3. The standard InChI is InChI=1S/C18H19F3N4OS/c19-18(20,21)13-4-1-7-22-15(13)25-8-2-3-12(9-25)16(26)24-17-23-14(10-27-17)11-5-6-11/h1,4,7,10-12H,2-3,5-6,8-9H2,(H,23,24,26). The Morgan fingerprint density at radius 3 is 2.85 bits per heavy atom. The highest BCUT2D eigenvalue weighted by atomic mass is 32.1. The van der Waals surface area contributed by atoms with Crippen LogP contribution in [0.3, 0.4) is 0 Å². The topological polar surface area (TPSA) is 58.1 Å². The van der Waals surface area contributed by atoms with E-state index in [9.17, 15) is 18.0 Å². The first kappa shape index (κ1) is 18.2. The molecule has 2 aromatic heterocycles. The van der Waals surface area contributed by atoms with E-state index in [1.807, 2.05) is 5.38 Å². The number of thiazole rings is 1. The highest BCUT2D eigenvalue weighted by molar-refractivity contribution is 7.13. The van der Waals surface area contributed by atoms with Gasteiger partial charge >= 0.3 is 6.18 Å². The maximum absolute atomic E-state index is 13.3. The number of pyridine rings is 1. The van der Waals surface area contributed by atoms with Gasteiger partial charge in [0.1, 0.15) is 5.82 Å². The first-order chi connectivity index (χ1) is 12.9. The van der Waals surface area contributed by atoms with E-state index in [2.05, 4.69) is 15.3 Å². The molecule has 1 unspecified atom stereocenters. The minimum atomic E-state index is -4.47. The first-order valence-corrected chi connectivity index (χ1v) is 9.83. The van der Waals surface area contributed by atoms with Crippen molar-refractivity contribution >= 4 is 28.2 Å². The van der Waals surface area contributed by atoms with Crippen LogP contribution in [0.1, 0.15) is 42.9 Å². The Bertz CT molecular complexity index is 834. The van der Waals surface area contributed by atoms with Crippen molar-refractivity contribution in [3.8, 4) is 0 Å². The second kappa shape index (κ2) is 7.10. The number of amides is 1. The van der Waals surface area contributed by atoms with Gasteiger partial charge in [0.25, 0.3) is 0 Å². The predicted molar refractivity (Wildman–Crippen MR) is 96.9 cm³/mol. The molecule has 2 fully saturated rings. The molecule has 2 aliphatic rings. The number of carbonyl (C=O) groups is 1. The van der Waals surface area contributed by atoms with Crippen LogP contribution in [0.5, 0.6) is 0 Å². The van der Waals surface area contributed by atoms with Crippen molar-refractivity contribution < 1.29 is 18.0 Å². The molecule has 5 nitrogen and oxygen atoms in total. The molecule has 1 aliphatic heterocycles. The minimum absolute atomic E-state index is 0.104. The van der Waals surface area contributed by atoms with E-state index in [0.717, 1.165) is 24.6 Å². The van der Waals surface area contributed by atoms with Crippen molar-refractivity contribution in [2.45, 2.75) is 37.8 Å². The zero-order chi connectivity index (χ0) is 19.0. The number of piperidine rings is 1. The van der Waals surface area contributed by atoms with E-state index in [1.165, 1.54) is 23.6 Å². The summed E-state index contributed by atoms with van der Waals surface area (Å²) in [5, 5.41) is 5.36. The fourth-order valence-electron chi connectivity index (χ4n) is 3.37. The molecule has 1 saturated heterocycles. The summed E-state index contributed by atoms with van der Waals surface area (Å²) in [6, 6.07) is 2.31. The number of nitrogens with one attached hydrogen (secondary N) is 1. The van der Waals surface area contributed by atoms with Crippen LogP contribution in [0.4, 0.5) is 24.1 Å². The van der Waals surface area contributed by atoms with Gasteiger partial charge in [0.15, 0.2) is 5.13 Å². The van der Waals surface area contributed by atoms with Gasteiger partial charge in [0.2, 0.25) is 5.91 Å². The van der Waals surface area contributed by atoms with Gasteiger partial charge in [-0.2, -0.15) is 13.2 Å². The molecule has 1 N–H and O–H groups in total. The molecule has 4 rings (SSSR count). The summed E-state index contributed by atoms with van der Waals surface area (Å²) in [7, 11) is 0. The number of nitrogens with zero attached hydrogens (tertiary/aromatic N) is 3. The van der Waals surface area contributed by atoms with E-state index in [-0.39, 0.29) is 18.3 Å². The van der Waals surface area contributed by atoms with Gasteiger partial charge in [-0.25, -0.2) is 9.97 Å². The lowest BCUT2D eigenvalue weighted by Crippen LogP contribution is -2.42. The molecule has 0 bridgehead atoms. The Labute approximate surface area is 158 Å². The smallest absolute Gasteiger partial charge is 0.355 e. The largest absolute Gasteiger partial charge is 0.419 e. The van der Waals surface area contributed by atoms with Gasteiger partial charge in [0, 0.05) is 30.6 Å². The van der Waals surface area contributed by atoms with E-state index in [0.29, 0.717) is 30.4 Å². The second-order valence-corrected chi connectivity index (χ2v) is 7.86. The predicted octanol–water partition coefficient (Wildman–Crippen LogP) is 4.29. The maximum Gasteiger partial charge on any atom is 0.419 e. The van der Waals surface area contributed by atoms with Crippen molar-refractivity contribution in [2.75, 3.05) is 23.3 Å². The Morgan fingerprint density at radius 1 is 1.30 bits per heavy atom. The van der Waals surface area contributed by atoms with Crippen molar-refractivity contribution in [3.63, 3.8) is 0 Å². The molecule has 144 valence electrons. The van der Waals surface area contributed by atoms with Gasteiger partial charge in [-0.1, -0.05) is 0 Å². The lowest BCUT2D eigenvalue weighted by atomic mass is 9.97. The summed E-state index contributed by atoms with van der Waals surface area (Å²) in [6.45, 7) is 0.666. The van der Waals surface area contributed by atoms with Crippen LogP contribution < -0.4 is 10.2 Å². The summed E-state index contributed by atoms with van der Waals surface area (Å²) >= 11 is 1.40. The number of hydrogen-bond donors (Lipinski definition) is 1. The zero-order valence-corrected chi connectivity index (χ0v) is 15.3. The zero-order valence-electron chi connectivity index (χ0n) is 14.5. The lowest BCUT2D eigenvalue weighted by Gasteiger charge is -2.34. The number of alkyl halides is 3. The van der Waals surface area contributed by atoms with Gasteiger partial charge in [0.05, 0.1) is 17.2 Å². The fraction of sp³-hybridized carbons (Fsp3) is 0.500. The number of anilines is 2. The summed E-state index contributed by atoms with van der Waals surface area (Å²) < 4.78 is 39.8. The summed E-state index contributed by atoms with van der Waals surface area (Å²) in [6.07, 6.45) is 0.428. The van der Waals surface area contributed by atoms with Crippen LogP contribution in [0, 0.1) is 5.92 Å². The molecule has 9 heteroatoms. The van der Waals surface area contributed by atoms with Crippen molar-refractivity contribution in [1.29, 1.82) is 0 Å². The fourth-order valence-corrected chi connectivity index (χ4v) is 4.17.